The minimum Gasteiger partial charge on any atom is -0.303 e. The van der Waals surface area contributed by atoms with Crippen LogP contribution in [0.25, 0.3) is 21.5 Å². The van der Waals surface area contributed by atoms with Gasteiger partial charge in [-0.2, -0.15) is 5.10 Å². The summed E-state index contributed by atoms with van der Waals surface area (Å²) in [6, 6.07) is 33.1. The predicted molar refractivity (Wildman–Crippen MR) is 140 cm³/mol. The Morgan fingerprint density at radius 1 is 0.800 bits per heavy atom. The van der Waals surface area contributed by atoms with Gasteiger partial charge in [-0.05, 0) is 46.0 Å². The summed E-state index contributed by atoms with van der Waals surface area (Å²) in [5.41, 5.74) is 6.64. The van der Waals surface area contributed by atoms with Crippen LogP contribution >= 0.6 is 0 Å². The van der Waals surface area contributed by atoms with Crippen LogP contribution in [0.15, 0.2) is 108 Å². The van der Waals surface area contributed by atoms with Gasteiger partial charge in [0.05, 0.1) is 18.4 Å². The van der Waals surface area contributed by atoms with Crippen LogP contribution in [0.4, 0.5) is 5.69 Å². The number of anilines is 1. The third-order valence-corrected chi connectivity index (χ3v) is 6.40. The zero-order valence-electron chi connectivity index (χ0n) is 18.8. The number of hydrogen-bond acceptors (Lipinski definition) is 3. The molecule has 5 aromatic rings. The standard InChI is InChI=1S/C30H21N3O2/c34-29(32-31-18-24-10-3-7-21-6-1-2-11-25(21)24)23-16-14-20(15-17-23)19-33-27-13-5-9-22-8-4-12-26(28(22)27)30(33)35/h1-18H,19H2,(H,32,34). The van der Waals surface area contributed by atoms with Gasteiger partial charge in [0.2, 0.25) is 0 Å². The molecule has 0 unspecified atom stereocenters. The minimum atomic E-state index is -0.289. The van der Waals surface area contributed by atoms with E-state index in [0.29, 0.717) is 12.1 Å². The first-order valence-electron chi connectivity index (χ1n) is 11.4. The molecule has 0 saturated carbocycles. The van der Waals surface area contributed by atoms with Crippen molar-refractivity contribution < 1.29 is 9.59 Å². The summed E-state index contributed by atoms with van der Waals surface area (Å²) in [5.74, 6) is -0.288. The Kier molecular flexibility index (Phi) is 5.08. The summed E-state index contributed by atoms with van der Waals surface area (Å²) in [4.78, 5) is 27.4. The van der Waals surface area contributed by atoms with E-state index in [-0.39, 0.29) is 11.8 Å². The van der Waals surface area contributed by atoms with Gasteiger partial charge in [0, 0.05) is 22.1 Å². The van der Waals surface area contributed by atoms with Gasteiger partial charge in [-0.25, -0.2) is 5.43 Å². The highest BCUT2D eigenvalue weighted by Gasteiger charge is 2.29. The van der Waals surface area contributed by atoms with Gasteiger partial charge in [0.15, 0.2) is 0 Å². The second-order valence-electron chi connectivity index (χ2n) is 8.54. The van der Waals surface area contributed by atoms with Crippen molar-refractivity contribution >= 4 is 45.3 Å². The van der Waals surface area contributed by atoms with E-state index in [1.807, 2.05) is 91.0 Å². The molecule has 0 spiro atoms. The maximum Gasteiger partial charge on any atom is 0.271 e. The van der Waals surface area contributed by atoms with Crippen molar-refractivity contribution in [2.75, 3.05) is 4.90 Å². The molecule has 0 bridgehead atoms. The predicted octanol–water partition coefficient (Wildman–Crippen LogP) is 5.92. The van der Waals surface area contributed by atoms with Gasteiger partial charge in [-0.3, -0.25) is 9.59 Å². The van der Waals surface area contributed by atoms with E-state index in [4.69, 9.17) is 0 Å². The smallest absolute Gasteiger partial charge is 0.271 e. The summed E-state index contributed by atoms with van der Waals surface area (Å²) < 4.78 is 0. The van der Waals surface area contributed by atoms with Crippen LogP contribution in [0.3, 0.4) is 0 Å². The fourth-order valence-electron chi connectivity index (χ4n) is 4.67. The molecule has 1 N–H and O–H groups in total. The molecule has 0 saturated heterocycles. The highest BCUT2D eigenvalue weighted by atomic mass is 16.2. The van der Waals surface area contributed by atoms with Crippen LogP contribution in [0.1, 0.15) is 31.8 Å². The number of carbonyl (C=O) groups is 2. The van der Waals surface area contributed by atoms with Crippen LogP contribution < -0.4 is 10.3 Å². The monoisotopic (exact) mass is 455 g/mol. The Morgan fingerprint density at radius 2 is 1.51 bits per heavy atom. The molecule has 5 heteroatoms. The van der Waals surface area contributed by atoms with E-state index < -0.39 is 0 Å². The van der Waals surface area contributed by atoms with Gasteiger partial charge in [0.25, 0.3) is 11.8 Å². The zero-order chi connectivity index (χ0) is 23.8. The van der Waals surface area contributed by atoms with Gasteiger partial charge in [0.1, 0.15) is 0 Å². The Labute approximate surface area is 202 Å². The molecule has 0 aliphatic carbocycles. The highest BCUT2D eigenvalue weighted by molar-refractivity contribution is 6.24. The number of hydrazone groups is 1. The van der Waals surface area contributed by atoms with Gasteiger partial charge in [-0.15, -0.1) is 0 Å². The Bertz CT molecular complexity index is 1630. The van der Waals surface area contributed by atoms with Crippen LogP contribution in [0, 0.1) is 0 Å². The van der Waals surface area contributed by atoms with Crippen LogP contribution in [0.5, 0.6) is 0 Å². The maximum absolute atomic E-state index is 13.0. The van der Waals surface area contributed by atoms with Crippen molar-refractivity contribution in [2.45, 2.75) is 6.54 Å². The van der Waals surface area contributed by atoms with Crippen molar-refractivity contribution in [3.63, 3.8) is 0 Å². The van der Waals surface area contributed by atoms with Crippen molar-refractivity contribution in [3.8, 4) is 0 Å². The first kappa shape index (κ1) is 20.8. The lowest BCUT2D eigenvalue weighted by molar-refractivity contribution is 0.0953. The van der Waals surface area contributed by atoms with E-state index in [2.05, 4.69) is 10.5 Å². The first-order valence-corrected chi connectivity index (χ1v) is 11.4. The second-order valence-corrected chi connectivity index (χ2v) is 8.54. The topological polar surface area (TPSA) is 61.8 Å². The molecule has 1 heterocycles. The number of nitrogens with zero attached hydrogens (tertiary/aromatic N) is 2. The second kappa shape index (κ2) is 8.54. The van der Waals surface area contributed by atoms with Crippen molar-refractivity contribution in [1.82, 2.24) is 5.43 Å². The number of rotatable bonds is 5. The molecule has 0 fully saturated rings. The summed E-state index contributed by atoms with van der Waals surface area (Å²) in [7, 11) is 0. The van der Waals surface area contributed by atoms with E-state index in [1.54, 1.807) is 23.2 Å². The highest BCUT2D eigenvalue weighted by Crippen LogP contribution is 2.37. The number of carbonyl (C=O) groups excluding carboxylic acids is 2. The van der Waals surface area contributed by atoms with Crippen molar-refractivity contribution in [2.24, 2.45) is 5.10 Å². The quantitative estimate of drug-likeness (QED) is 0.264. The zero-order valence-corrected chi connectivity index (χ0v) is 18.8. The summed E-state index contributed by atoms with van der Waals surface area (Å²) in [5, 5.41) is 8.41. The molecule has 1 aliphatic rings. The molecule has 0 radical (unpaired) electrons. The molecule has 168 valence electrons. The number of fused-ring (bicyclic) bond motifs is 1. The van der Waals surface area contributed by atoms with Gasteiger partial charge >= 0.3 is 0 Å². The first-order chi connectivity index (χ1) is 17.2. The van der Waals surface area contributed by atoms with Crippen LogP contribution in [0.2, 0.25) is 0 Å². The molecule has 5 aromatic carbocycles. The summed E-state index contributed by atoms with van der Waals surface area (Å²) >= 11 is 0. The average Bonchev–Trinajstić information content (AvgIpc) is 3.17. The SMILES string of the molecule is O=C(NN=Cc1cccc2ccccc12)c1ccc(CN2C(=O)c3cccc4cccc2c34)cc1. The van der Waals surface area contributed by atoms with Gasteiger partial charge in [-0.1, -0.05) is 78.9 Å². The molecule has 0 aromatic heterocycles. The molecule has 1 aliphatic heterocycles. The maximum atomic E-state index is 13.0. The lowest BCUT2D eigenvalue weighted by atomic mass is 10.1. The molecule has 35 heavy (non-hydrogen) atoms. The Morgan fingerprint density at radius 3 is 2.37 bits per heavy atom. The third kappa shape index (κ3) is 3.73. The molecular weight excluding hydrogens is 434 g/mol. The van der Waals surface area contributed by atoms with Crippen LogP contribution in [-0.2, 0) is 6.54 Å². The van der Waals surface area contributed by atoms with Gasteiger partial charge < -0.3 is 4.90 Å². The largest absolute Gasteiger partial charge is 0.303 e. The molecule has 5 nitrogen and oxygen atoms in total. The Balaban J connectivity index is 1.15. The number of hydrogen-bond donors (Lipinski definition) is 1. The van der Waals surface area contributed by atoms with Crippen molar-refractivity contribution in [3.05, 3.63) is 125 Å². The van der Waals surface area contributed by atoms with Crippen molar-refractivity contribution in [1.29, 1.82) is 0 Å². The number of amides is 2. The molecule has 6 rings (SSSR count). The molecule has 0 atom stereocenters. The van der Waals surface area contributed by atoms with E-state index in [0.717, 1.165) is 43.9 Å². The lowest BCUT2D eigenvalue weighted by Gasteiger charge is -2.18. The fraction of sp³-hybridized carbons (Fsp3) is 0.0333. The van der Waals surface area contributed by atoms with E-state index in [1.165, 1.54) is 0 Å². The van der Waals surface area contributed by atoms with E-state index >= 15 is 0 Å². The minimum absolute atomic E-state index is 0.00129. The van der Waals surface area contributed by atoms with E-state index in [9.17, 15) is 9.59 Å². The lowest BCUT2D eigenvalue weighted by Crippen LogP contribution is -2.26. The normalized spacial score (nSPS) is 12.7. The Hall–Kier alpha value is -4.77. The molecular formula is C30H21N3O2. The summed E-state index contributed by atoms with van der Waals surface area (Å²) in [6.07, 6.45) is 1.66. The number of nitrogens with one attached hydrogen (secondary N) is 1. The summed E-state index contributed by atoms with van der Waals surface area (Å²) in [6.45, 7) is 0.438. The molecule has 2 amide bonds. The average molecular weight is 456 g/mol. The third-order valence-electron chi connectivity index (χ3n) is 6.40. The van der Waals surface area contributed by atoms with Crippen LogP contribution in [-0.4, -0.2) is 18.0 Å². The number of benzene rings is 5. The fourth-order valence-corrected chi connectivity index (χ4v) is 4.67.